The van der Waals surface area contributed by atoms with Crippen molar-refractivity contribution in [1.82, 2.24) is 4.57 Å². The van der Waals surface area contributed by atoms with Crippen LogP contribution in [0.1, 0.15) is 34.3 Å². The molecule has 0 atom stereocenters. The molecule has 0 unspecified atom stereocenters. The molecule has 0 saturated carbocycles. The molecule has 1 aliphatic carbocycles. The summed E-state index contributed by atoms with van der Waals surface area (Å²) in [6, 6.07) is 11.9. The molecule has 5 nitrogen and oxygen atoms in total. The summed E-state index contributed by atoms with van der Waals surface area (Å²) < 4.78 is 13.7. The molecule has 1 amide bonds. The highest BCUT2D eigenvalue weighted by molar-refractivity contribution is 7.16. The Balaban J connectivity index is 1.76. The Morgan fingerprint density at radius 3 is 2.71 bits per heavy atom. The molecule has 28 heavy (non-hydrogen) atoms. The Bertz CT molecular complexity index is 1080. The molecule has 3 aromatic rings. The molecule has 0 aliphatic heterocycles. The number of fused-ring (bicyclic) bond motifs is 2. The van der Waals surface area contributed by atoms with E-state index >= 15 is 0 Å². The third-order valence-electron chi connectivity index (χ3n) is 5.20. The minimum absolute atomic E-state index is 0.196. The topological polar surface area (TPSA) is 52.8 Å². The van der Waals surface area contributed by atoms with E-state index in [2.05, 4.69) is 11.1 Å². The summed E-state index contributed by atoms with van der Waals surface area (Å²) in [6.45, 7) is 1.19. The maximum absolute atomic E-state index is 12.9. The molecular formula is C22H24N2O3S. The normalized spacial score (nSPS) is 14.3. The predicted molar refractivity (Wildman–Crippen MR) is 111 cm³/mol. The van der Waals surface area contributed by atoms with Gasteiger partial charge in [0.25, 0.3) is 5.91 Å². The first-order chi connectivity index (χ1) is 13.7. The van der Waals surface area contributed by atoms with Crippen LogP contribution in [0.3, 0.4) is 0 Å². The molecule has 1 aromatic heterocycles. The van der Waals surface area contributed by atoms with E-state index in [1.165, 1.54) is 35.3 Å². The van der Waals surface area contributed by atoms with Gasteiger partial charge in [-0.1, -0.05) is 17.4 Å². The molecule has 0 spiro atoms. The van der Waals surface area contributed by atoms with Crippen LogP contribution in [0.15, 0.2) is 41.4 Å². The minimum Gasteiger partial charge on any atom is -0.497 e. The van der Waals surface area contributed by atoms with Gasteiger partial charge in [-0.15, -0.1) is 0 Å². The Kier molecular flexibility index (Phi) is 5.59. The highest BCUT2D eigenvalue weighted by atomic mass is 32.1. The fourth-order valence-corrected chi connectivity index (χ4v) is 4.77. The first kappa shape index (κ1) is 18.9. The van der Waals surface area contributed by atoms with Gasteiger partial charge in [-0.3, -0.25) is 4.79 Å². The third kappa shape index (κ3) is 3.75. The smallest absolute Gasteiger partial charge is 0.279 e. The highest BCUT2D eigenvalue weighted by Gasteiger charge is 2.14. The first-order valence-electron chi connectivity index (χ1n) is 9.57. The fraction of sp³-hybridized carbons (Fsp3) is 0.364. The highest BCUT2D eigenvalue weighted by Crippen LogP contribution is 2.24. The summed E-state index contributed by atoms with van der Waals surface area (Å²) in [4.78, 5) is 18.0. The number of thiazole rings is 1. The van der Waals surface area contributed by atoms with Crippen LogP contribution >= 0.6 is 11.3 Å². The zero-order valence-electron chi connectivity index (χ0n) is 16.2. The SMILES string of the molecule is COCCn1c(=NC(=O)c2ccc3c(c2)CCCC3)sc2cc(OC)ccc21. The monoisotopic (exact) mass is 396 g/mol. The van der Waals surface area contributed by atoms with Crippen molar-refractivity contribution in [3.05, 3.63) is 57.9 Å². The second-order valence-electron chi connectivity index (χ2n) is 6.97. The van der Waals surface area contributed by atoms with Crippen LogP contribution in [-0.2, 0) is 24.1 Å². The summed E-state index contributed by atoms with van der Waals surface area (Å²) in [5.41, 5.74) is 4.35. The standard InChI is InChI=1S/C22H24N2O3S/c1-26-12-11-24-19-10-9-18(27-2)14-20(19)28-22(24)23-21(25)17-8-7-15-5-3-4-6-16(15)13-17/h7-10,13-14H,3-6,11-12H2,1-2H3. The van der Waals surface area contributed by atoms with Crippen molar-refractivity contribution in [2.75, 3.05) is 20.8 Å². The first-order valence-corrected chi connectivity index (χ1v) is 10.4. The fourth-order valence-electron chi connectivity index (χ4n) is 3.68. The quantitative estimate of drug-likeness (QED) is 0.656. The van der Waals surface area contributed by atoms with E-state index < -0.39 is 0 Å². The van der Waals surface area contributed by atoms with Gasteiger partial charge >= 0.3 is 0 Å². The van der Waals surface area contributed by atoms with Gasteiger partial charge in [0.05, 0.1) is 23.9 Å². The maximum atomic E-state index is 12.9. The van der Waals surface area contributed by atoms with E-state index in [1.54, 1.807) is 14.2 Å². The van der Waals surface area contributed by atoms with Crippen molar-refractivity contribution >= 4 is 27.5 Å². The number of ether oxygens (including phenoxy) is 2. The minimum atomic E-state index is -0.196. The van der Waals surface area contributed by atoms with Crippen molar-refractivity contribution in [2.45, 2.75) is 32.2 Å². The molecule has 6 heteroatoms. The van der Waals surface area contributed by atoms with Crippen molar-refractivity contribution < 1.29 is 14.3 Å². The Morgan fingerprint density at radius 2 is 1.93 bits per heavy atom. The summed E-state index contributed by atoms with van der Waals surface area (Å²) in [5, 5.41) is 0. The summed E-state index contributed by atoms with van der Waals surface area (Å²) in [6.07, 6.45) is 4.58. The largest absolute Gasteiger partial charge is 0.497 e. The Labute approximate surface area is 168 Å². The van der Waals surface area contributed by atoms with Gasteiger partial charge in [0, 0.05) is 19.2 Å². The molecule has 0 fully saturated rings. The zero-order valence-corrected chi connectivity index (χ0v) is 17.1. The number of rotatable bonds is 5. The van der Waals surface area contributed by atoms with Crippen LogP contribution in [0, 0.1) is 0 Å². The van der Waals surface area contributed by atoms with Crippen molar-refractivity contribution in [3.63, 3.8) is 0 Å². The second-order valence-corrected chi connectivity index (χ2v) is 7.98. The summed E-state index contributed by atoms with van der Waals surface area (Å²) in [7, 11) is 3.33. The lowest BCUT2D eigenvalue weighted by Gasteiger charge is -2.15. The predicted octanol–water partition coefficient (Wildman–Crippen LogP) is 3.98. The van der Waals surface area contributed by atoms with Gasteiger partial charge < -0.3 is 14.0 Å². The molecule has 2 aromatic carbocycles. The Morgan fingerprint density at radius 1 is 1.11 bits per heavy atom. The van der Waals surface area contributed by atoms with Crippen molar-refractivity contribution in [3.8, 4) is 5.75 Å². The lowest BCUT2D eigenvalue weighted by molar-refractivity contribution is 0.0997. The number of aromatic nitrogens is 1. The van der Waals surface area contributed by atoms with Gasteiger partial charge in [-0.05, 0) is 67.1 Å². The van der Waals surface area contributed by atoms with Crippen molar-refractivity contribution in [2.24, 2.45) is 4.99 Å². The van der Waals surface area contributed by atoms with Gasteiger partial charge in [0.1, 0.15) is 5.75 Å². The molecule has 0 N–H and O–H groups in total. The van der Waals surface area contributed by atoms with E-state index in [1.807, 2.05) is 34.9 Å². The van der Waals surface area contributed by atoms with Crippen LogP contribution in [0.5, 0.6) is 5.75 Å². The molecule has 146 valence electrons. The molecule has 1 aliphatic rings. The van der Waals surface area contributed by atoms with E-state index in [9.17, 15) is 4.79 Å². The molecular weight excluding hydrogens is 372 g/mol. The lowest BCUT2D eigenvalue weighted by atomic mass is 9.90. The van der Waals surface area contributed by atoms with Crippen LogP contribution < -0.4 is 9.54 Å². The number of carbonyl (C=O) groups excluding carboxylic acids is 1. The van der Waals surface area contributed by atoms with E-state index in [0.29, 0.717) is 23.5 Å². The van der Waals surface area contributed by atoms with Gasteiger partial charge in [-0.25, -0.2) is 0 Å². The van der Waals surface area contributed by atoms with E-state index in [4.69, 9.17) is 9.47 Å². The summed E-state index contributed by atoms with van der Waals surface area (Å²) >= 11 is 1.50. The molecule has 0 radical (unpaired) electrons. The number of aryl methyl sites for hydroxylation is 2. The van der Waals surface area contributed by atoms with Crippen LogP contribution in [0.25, 0.3) is 10.2 Å². The third-order valence-corrected chi connectivity index (χ3v) is 6.24. The number of amides is 1. The molecule has 4 rings (SSSR count). The maximum Gasteiger partial charge on any atom is 0.279 e. The van der Waals surface area contributed by atoms with Gasteiger partial charge in [0.2, 0.25) is 0 Å². The number of nitrogens with zero attached hydrogens (tertiary/aromatic N) is 2. The summed E-state index contributed by atoms with van der Waals surface area (Å²) in [5.74, 6) is 0.596. The van der Waals surface area contributed by atoms with E-state index in [-0.39, 0.29) is 5.91 Å². The lowest BCUT2D eigenvalue weighted by Crippen LogP contribution is -2.19. The second kappa shape index (κ2) is 8.29. The van der Waals surface area contributed by atoms with Crippen molar-refractivity contribution in [1.29, 1.82) is 0 Å². The number of methoxy groups -OCH3 is 2. The average molecular weight is 397 g/mol. The number of hydrogen-bond acceptors (Lipinski definition) is 4. The Hall–Kier alpha value is -2.44. The zero-order chi connectivity index (χ0) is 19.5. The average Bonchev–Trinajstić information content (AvgIpc) is 3.07. The van der Waals surface area contributed by atoms with Crippen LogP contribution in [-0.4, -0.2) is 31.3 Å². The van der Waals surface area contributed by atoms with Gasteiger partial charge in [-0.2, -0.15) is 4.99 Å². The van der Waals surface area contributed by atoms with Crippen LogP contribution in [0.4, 0.5) is 0 Å². The number of benzene rings is 2. The number of hydrogen-bond donors (Lipinski definition) is 0. The van der Waals surface area contributed by atoms with E-state index in [0.717, 1.165) is 28.8 Å². The molecule has 1 heterocycles. The molecule has 0 saturated heterocycles. The van der Waals surface area contributed by atoms with Gasteiger partial charge in [0.15, 0.2) is 4.80 Å². The number of carbonyl (C=O) groups is 1. The molecule has 0 bridgehead atoms. The van der Waals surface area contributed by atoms with Crippen LogP contribution in [0.2, 0.25) is 0 Å².